The third kappa shape index (κ3) is 24.3. The summed E-state index contributed by atoms with van der Waals surface area (Å²) in [4.78, 5) is 142. The van der Waals surface area contributed by atoms with Crippen LogP contribution >= 0.6 is 32.0 Å². The number of aliphatic hydroxyl groups is 1. The number of aromatic amines is 1. The maximum atomic E-state index is 14.6. The van der Waals surface area contributed by atoms with Gasteiger partial charge < -0.3 is 73.3 Å². The molecule has 4 fully saturated rings. The lowest BCUT2D eigenvalue weighted by atomic mass is 10.1. The maximum absolute atomic E-state index is 14.6. The first kappa shape index (κ1) is 88.3. The van der Waals surface area contributed by atoms with Gasteiger partial charge in [-0.15, -0.1) is 0 Å². The van der Waals surface area contributed by atoms with E-state index in [4.69, 9.17) is 59.9 Å². The minimum atomic E-state index is -5.59. The number of ether oxygens (including phenoxy) is 5. The zero-order chi connectivity index (χ0) is 83.0. The number of aromatic nitrogens is 8. The summed E-state index contributed by atoms with van der Waals surface area (Å²) >= 11 is 0. The van der Waals surface area contributed by atoms with Crippen LogP contribution in [-0.2, 0) is 103 Å². The fourth-order valence-electron chi connectivity index (χ4n) is 13.0. The number of aryl methyl sites for hydroxylation is 1. The summed E-state index contributed by atoms with van der Waals surface area (Å²) in [5, 5.41) is 30.5. The quantitative estimate of drug-likeness (QED) is 0.0113. The fraction of sp³-hybridized carbons (Fsp3) is 0.486. The van der Waals surface area contributed by atoms with Gasteiger partial charge in [-0.3, -0.25) is 60.0 Å². The van der Waals surface area contributed by atoms with E-state index in [1.165, 1.54) is 50.6 Å². The van der Waals surface area contributed by atoms with E-state index in [0.29, 0.717) is 6.54 Å². The van der Waals surface area contributed by atoms with Gasteiger partial charge in [-0.05, 0) is 76.4 Å². The molecule has 11 rings (SSSR count). The lowest BCUT2D eigenvalue weighted by molar-refractivity contribution is -0.153. The van der Waals surface area contributed by atoms with Crippen molar-refractivity contribution in [1.29, 1.82) is 5.26 Å². The molecule has 4 aliphatic rings. The summed E-state index contributed by atoms with van der Waals surface area (Å²) in [5.41, 5.74) is -1.73. The highest BCUT2D eigenvalue weighted by atomic mass is 31.2. The van der Waals surface area contributed by atoms with Crippen LogP contribution in [-0.4, -0.2) is 174 Å². The maximum Gasteiger partial charge on any atom is 0.472 e. The van der Waals surface area contributed by atoms with Crippen molar-refractivity contribution >= 4 is 61.2 Å². The monoisotopic (exact) mass is 1690 g/mol. The Bertz CT molecular complexity index is 5000. The summed E-state index contributed by atoms with van der Waals surface area (Å²) in [5.74, 6) is -0.633. The van der Waals surface area contributed by atoms with Crippen molar-refractivity contribution in [2.75, 3.05) is 49.0 Å². The number of nitrogens with one attached hydrogen (secondary N) is 4. The number of phosphoric ester groups is 3. The van der Waals surface area contributed by atoms with Gasteiger partial charge in [-0.2, -0.15) is 20.2 Å². The number of H-pyrrole nitrogens is 1. The van der Waals surface area contributed by atoms with Crippen LogP contribution in [0.2, 0.25) is 0 Å². The van der Waals surface area contributed by atoms with Crippen molar-refractivity contribution in [2.45, 2.75) is 192 Å². The van der Waals surface area contributed by atoms with Crippen molar-refractivity contribution in [3.05, 3.63) is 209 Å². The Morgan fingerprint density at radius 2 is 1.00 bits per heavy atom. The van der Waals surface area contributed by atoms with E-state index in [2.05, 4.69) is 35.9 Å². The predicted octanol–water partition coefficient (Wildman–Crippen LogP) is 6.65. The molecule has 0 amide bonds. The fourth-order valence-corrected chi connectivity index (χ4v) is 17.5. The third-order valence-electron chi connectivity index (χ3n) is 18.6. The Balaban J connectivity index is 0.828. The van der Waals surface area contributed by atoms with Crippen molar-refractivity contribution in [2.24, 2.45) is 0 Å². The molecule has 0 radical (unpaired) electrons. The van der Waals surface area contributed by atoms with E-state index in [1.54, 1.807) is 0 Å². The number of phosphoric acid groups is 3. The number of esters is 1. The summed E-state index contributed by atoms with van der Waals surface area (Å²) in [6.45, 7) is 7.40. The smallest absolute Gasteiger partial charge is 0.459 e. The van der Waals surface area contributed by atoms with Gasteiger partial charge in [0.05, 0.1) is 51.9 Å². The van der Waals surface area contributed by atoms with Gasteiger partial charge in [0.15, 0.2) is 6.23 Å². The molecule has 40 nitrogen and oxygen atoms in total. The van der Waals surface area contributed by atoms with Crippen LogP contribution in [0.3, 0.4) is 0 Å². The summed E-state index contributed by atoms with van der Waals surface area (Å²) in [6.07, 6.45) is -17.4. The molecule has 8 N–H and O–H groups in total. The average Bonchev–Trinajstić information content (AvgIpc) is 1.63. The number of carbonyl (C=O) groups is 2. The Kier molecular flexibility index (Phi) is 30.6. The molecular formula is C72H91N13O27P4. The number of hydrogen-bond donors (Lipinski definition) is 8. The molecule has 4 unspecified atom stereocenters. The number of nitrogens with zero attached hydrogens (tertiary/aromatic N) is 9. The Labute approximate surface area is 664 Å². The molecule has 7 aromatic rings. The molecule has 116 heavy (non-hydrogen) atoms. The molecule has 4 saturated heterocycles. The van der Waals surface area contributed by atoms with Crippen LogP contribution in [0.15, 0.2) is 158 Å². The first-order valence-corrected chi connectivity index (χ1v) is 42.6. The number of aliphatic hydroxyl groups excluding tert-OH is 1. The van der Waals surface area contributed by atoms with Crippen LogP contribution in [0.4, 0.5) is 17.5 Å². The Morgan fingerprint density at radius 1 is 0.586 bits per heavy atom. The average molecular weight is 1690 g/mol. The van der Waals surface area contributed by atoms with Crippen LogP contribution in [0, 0.1) is 18.3 Å². The summed E-state index contributed by atoms with van der Waals surface area (Å²) in [6, 6.07) is 33.6. The van der Waals surface area contributed by atoms with Gasteiger partial charge in [0.2, 0.25) is 0 Å². The van der Waals surface area contributed by atoms with Crippen molar-refractivity contribution in [3.63, 3.8) is 0 Å². The number of Topliss-reactive ketones (excluding diaryl/α,β-unsaturated/α-hetero) is 1. The first-order chi connectivity index (χ1) is 55.4. The molecule has 4 aromatic heterocycles. The van der Waals surface area contributed by atoms with Gasteiger partial charge in [-0.1, -0.05) is 91.0 Å². The zero-order valence-electron chi connectivity index (χ0n) is 63.8. The number of hydrogen-bond acceptors (Lipinski definition) is 32. The SMILES string of the molecule is CC(=O)CCC(=O)O[C@H]1C[C@H](n2ccc(NCc3ccccc3)nc2=O)O[C@@H]1COP(=O)(O)O[C@H]1C[C@H](n2ccc(NCc3ccccc3)nc2=O)O[C@@H]1COP(=O)(O)O[C@H]1C[C@H](n2ccc(NCc3ccccc3)nc2=O)O[C@@H]1COP(=O)(O)O[C@H]1[C@@H](O)[C@H](n2cc(C)c(=O)[nH]c2=O)O[C@@H]1COP(OCCC#N)N(C(C)C)C(C)C. The largest absolute Gasteiger partial charge is 0.472 e. The Morgan fingerprint density at radius 3 is 1.41 bits per heavy atom. The van der Waals surface area contributed by atoms with Crippen molar-refractivity contribution < 1.29 is 103 Å². The van der Waals surface area contributed by atoms with Crippen LogP contribution in [0.1, 0.15) is 120 Å². The molecule has 0 saturated carbocycles. The highest BCUT2D eigenvalue weighted by Gasteiger charge is 2.52. The standard InChI is InChI=1S/C72H91N13O27P4/c1-44(2)85(45(3)4)113(100-32-16-28-73)101-40-57-66(65(88)68(109-57)84-39-46(5)67(89)80-72(84)93)112-116(98,99)104-43-56-53(35-63(107-56)83-31-27-60(79-71(83)92)76-38-50-21-14-9-15-22-50)111-115(96,97)103-42-55-52(34-62(106-55)82-30-26-59(78-70(82)91)75-37-49-19-12-8-13-20-49)110-114(94,95)102-41-54-51(108-64(87)24-23-47(6)86)33-61(105-54)81-29-25-58(77-69(81)90)74-36-48-17-10-7-11-18-48/h7-15,17-22,25-27,29-31,39,44-45,51-57,61-63,65-66,68,88H,16,23-24,32-38,40-43H2,1-6H3,(H,94,95)(H,96,97)(H,98,99)(H,74,77,90)(H,75,78,91)(H,76,79,92)(H,80,89,93)/t51-,52-,53-,54+,55+,56+,57+,61+,62+,63+,65+,66+,68+,113?/m0/s1. The number of rotatable bonds is 41. The van der Waals surface area contributed by atoms with Gasteiger partial charge in [-0.25, -0.2) is 37.5 Å². The first-order valence-electron chi connectivity index (χ1n) is 37.0. The molecular weight excluding hydrogens is 1600 g/mol. The van der Waals surface area contributed by atoms with E-state index in [-0.39, 0.29) is 86.3 Å². The van der Waals surface area contributed by atoms with E-state index >= 15 is 0 Å². The molecule has 626 valence electrons. The topological polar surface area (TPSA) is 509 Å². The molecule has 17 atom stereocenters. The highest BCUT2D eigenvalue weighted by molar-refractivity contribution is 7.48. The second-order valence-electron chi connectivity index (χ2n) is 27.9. The van der Waals surface area contributed by atoms with Gasteiger partial charge in [0.1, 0.15) is 96.9 Å². The van der Waals surface area contributed by atoms with E-state index in [0.717, 1.165) is 41.2 Å². The van der Waals surface area contributed by atoms with E-state index in [1.807, 2.05) is 129 Å². The normalized spacial score (nSPS) is 24.5. The van der Waals surface area contributed by atoms with E-state index in [9.17, 15) is 72.3 Å². The number of benzene rings is 3. The second kappa shape index (κ2) is 40.3. The minimum Gasteiger partial charge on any atom is -0.459 e. The summed E-state index contributed by atoms with van der Waals surface area (Å²) in [7, 11) is -18.6. The molecule has 0 spiro atoms. The molecule has 8 heterocycles. The number of carbonyl (C=O) groups excluding carboxylic acids is 2. The molecule has 0 aliphatic carbocycles. The number of anilines is 3. The number of ketones is 1. The van der Waals surface area contributed by atoms with Crippen LogP contribution in [0.5, 0.6) is 0 Å². The lowest BCUT2D eigenvalue weighted by Crippen LogP contribution is -2.39. The highest BCUT2D eigenvalue weighted by Crippen LogP contribution is 2.55. The lowest BCUT2D eigenvalue weighted by Gasteiger charge is -2.36. The molecule has 44 heteroatoms. The Hall–Kier alpha value is -8.55. The van der Waals surface area contributed by atoms with Crippen molar-refractivity contribution in [3.8, 4) is 6.07 Å². The van der Waals surface area contributed by atoms with Crippen molar-refractivity contribution in [1.82, 2.24) is 42.9 Å². The van der Waals surface area contributed by atoms with E-state index < -0.39 is 185 Å². The van der Waals surface area contributed by atoms with Crippen LogP contribution in [0.25, 0.3) is 0 Å². The van der Waals surface area contributed by atoms with Crippen LogP contribution < -0.4 is 44.3 Å². The molecule has 0 bridgehead atoms. The van der Waals surface area contributed by atoms with Gasteiger partial charge in [0, 0.05) is 87.8 Å². The van der Waals surface area contributed by atoms with Gasteiger partial charge in [0.25, 0.3) is 14.1 Å². The number of nitriles is 1. The van der Waals surface area contributed by atoms with Gasteiger partial charge >= 0.3 is 52.2 Å². The summed E-state index contributed by atoms with van der Waals surface area (Å²) < 4.78 is 126. The zero-order valence-corrected chi connectivity index (χ0v) is 67.3. The second-order valence-corrected chi connectivity index (χ2v) is 33.6. The third-order valence-corrected chi connectivity index (χ3v) is 23.7. The molecule has 3 aromatic carbocycles. The predicted molar refractivity (Wildman–Crippen MR) is 411 cm³/mol. The molecule has 4 aliphatic heterocycles. The minimum absolute atomic E-state index is 0.0140.